The second-order valence-electron chi connectivity index (χ2n) is 3.61. The summed E-state index contributed by atoms with van der Waals surface area (Å²) in [4.78, 5) is 13.1. The van der Waals surface area contributed by atoms with Gasteiger partial charge in [-0.15, -0.1) is 12.4 Å². The molecule has 0 aliphatic carbocycles. The fourth-order valence-corrected chi connectivity index (χ4v) is 1.55. The first-order valence-electron chi connectivity index (χ1n) is 4.75. The van der Waals surface area contributed by atoms with Gasteiger partial charge in [-0.2, -0.15) is 0 Å². The van der Waals surface area contributed by atoms with E-state index in [1.807, 2.05) is 18.2 Å². The highest BCUT2D eigenvalue weighted by molar-refractivity contribution is 6.30. The van der Waals surface area contributed by atoms with Gasteiger partial charge in [-0.3, -0.25) is 4.79 Å². The molecule has 5 heteroatoms. The molecule has 0 bridgehead atoms. The van der Waals surface area contributed by atoms with Gasteiger partial charge < -0.3 is 10.6 Å². The van der Waals surface area contributed by atoms with E-state index in [1.54, 1.807) is 24.9 Å². The average molecular weight is 263 g/mol. The SMILES string of the molecule is C[C@H](N)C(=O)N(C)Cc1cccc(Cl)c1.Cl. The van der Waals surface area contributed by atoms with E-state index in [0.29, 0.717) is 11.6 Å². The number of benzene rings is 1. The van der Waals surface area contributed by atoms with Crippen LogP contribution in [0.1, 0.15) is 12.5 Å². The third-order valence-electron chi connectivity index (χ3n) is 2.07. The molecule has 1 aromatic carbocycles. The molecule has 1 amide bonds. The second-order valence-corrected chi connectivity index (χ2v) is 4.05. The van der Waals surface area contributed by atoms with Crippen LogP contribution in [-0.2, 0) is 11.3 Å². The van der Waals surface area contributed by atoms with Crippen LogP contribution in [0.3, 0.4) is 0 Å². The van der Waals surface area contributed by atoms with E-state index < -0.39 is 6.04 Å². The first-order chi connectivity index (χ1) is 7.00. The highest BCUT2D eigenvalue weighted by Crippen LogP contribution is 2.12. The van der Waals surface area contributed by atoms with Gasteiger partial charge >= 0.3 is 0 Å². The third kappa shape index (κ3) is 4.39. The minimum absolute atomic E-state index is 0. The van der Waals surface area contributed by atoms with E-state index in [4.69, 9.17) is 17.3 Å². The van der Waals surface area contributed by atoms with Crippen molar-refractivity contribution in [1.82, 2.24) is 4.90 Å². The van der Waals surface area contributed by atoms with Crippen molar-refractivity contribution in [2.45, 2.75) is 19.5 Å². The minimum atomic E-state index is -0.464. The monoisotopic (exact) mass is 262 g/mol. The molecule has 0 spiro atoms. The number of hydrogen-bond acceptors (Lipinski definition) is 2. The number of nitrogens with zero attached hydrogens (tertiary/aromatic N) is 1. The van der Waals surface area contributed by atoms with Crippen molar-refractivity contribution < 1.29 is 4.79 Å². The lowest BCUT2D eigenvalue weighted by atomic mass is 10.2. The number of carbonyl (C=O) groups is 1. The molecule has 2 N–H and O–H groups in total. The fraction of sp³-hybridized carbons (Fsp3) is 0.364. The van der Waals surface area contributed by atoms with E-state index >= 15 is 0 Å². The molecule has 16 heavy (non-hydrogen) atoms. The van der Waals surface area contributed by atoms with E-state index in [0.717, 1.165) is 5.56 Å². The number of rotatable bonds is 3. The molecule has 1 aromatic rings. The Kier molecular flexibility index (Phi) is 6.41. The summed E-state index contributed by atoms with van der Waals surface area (Å²) < 4.78 is 0. The maximum absolute atomic E-state index is 11.5. The molecule has 0 radical (unpaired) electrons. The van der Waals surface area contributed by atoms with Crippen molar-refractivity contribution in [2.24, 2.45) is 5.73 Å². The number of halogens is 2. The number of hydrogen-bond donors (Lipinski definition) is 1. The predicted octanol–water partition coefficient (Wildman–Crippen LogP) is 2.07. The topological polar surface area (TPSA) is 46.3 Å². The van der Waals surface area contributed by atoms with E-state index in [1.165, 1.54) is 0 Å². The summed E-state index contributed by atoms with van der Waals surface area (Å²) in [6.07, 6.45) is 0. The molecule has 0 saturated carbocycles. The average Bonchev–Trinajstić information content (AvgIpc) is 2.16. The Labute approximate surface area is 107 Å². The van der Waals surface area contributed by atoms with E-state index in [2.05, 4.69) is 0 Å². The molecule has 1 rings (SSSR count). The van der Waals surface area contributed by atoms with Crippen molar-refractivity contribution in [2.75, 3.05) is 7.05 Å². The second kappa shape index (κ2) is 6.74. The summed E-state index contributed by atoms with van der Waals surface area (Å²) >= 11 is 5.84. The summed E-state index contributed by atoms with van der Waals surface area (Å²) in [5.41, 5.74) is 6.50. The fourth-order valence-electron chi connectivity index (χ4n) is 1.33. The van der Waals surface area contributed by atoms with Crippen LogP contribution in [0, 0.1) is 0 Å². The third-order valence-corrected chi connectivity index (χ3v) is 2.31. The van der Waals surface area contributed by atoms with Gasteiger partial charge in [-0.25, -0.2) is 0 Å². The summed E-state index contributed by atoms with van der Waals surface area (Å²) in [6.45, 7) is 2.21. The van der Waals surface area contributed by atoms with Crippen molar-refractivity contribution in [3.8, 4) is 0 Å². The lowest BCUT2D eigenvalue weighted by Crippen LogP contribution is -2.39. The predicted molar refractivity (Wildman–Crippen MR) is 68.8 cm³/mol. The molecule has 0 unspecified atom stereocenters. The Morgan fingerprint density at radius 3 is 2.69 bits per heavy atom. The Morgan fingerprint density at radius 1 is 1.56 bits per heavy atom. The Bertz CT molecular complexity index is 356. The molecule has 0 aliphatic heterocycles. The zero-order valence-electron chi connectivity index (χ0n) is 9.31. The number of carbonyl (C=O) groups excluding carboxylic acids is 1. The van der Waals surface area contributed by atoms with Gasteiger partial charge in [-0.1, -0.05) is 23.7 Å². The molecule has 1 atom stereocenters. The zero-order chi connectivity index (χ0) is 11.4. The Balaban J connectivity index is 0.00000225. The maximum atomic E-state index is 11.5. The molecule has 0 heterocycles. The molecule has 0 saturated heterocycles. The Morgan fingerprint density at radius 2 is 2.19 bits per heavy atom. The minimum Gasteiger partial charge on any atom is -0.340 e. The van der Waals surface area contributed by atoms with Gasteiger partial charge in [0.2, 0.25) is 5.91 Å². The Hall–Kier alpha value is -0.770. The summed E-state index contributed by atoms with van der Waals surface area (Å²) in [5, 5.41) is 0.675. The highest BCUT2D eigenvalue weighted by Gasteiger charge is 2.13. The largest absolute Gasteiger partial charge is 0.340 e. The van der Waals surface area contributed by atoms with Gasteiger partial charge in [0.25, 0.3) is 0 Å². The summed E-state index contributed by atoms with van der Waals surface area (Å²) in [7, 11) is 1.73. The standard InChI is InChI=1S/C11H15ClN2O.ClH/c1-8(13)11(15)14(2)7-9-4-3-5-10(12)6-9;/h3-6,8H,7,13H2,1-2H3;1H/t8-;/m0./s1. The van der Waals surface area contributed by atoms with Crippen molar-refractivity contribution in [1.29, 1.82) is 0 Å². The van der Waals surface area contributed by atoms with Crippen LogP contribution in [0.15, 0.2) is 24.3 Å². The first kappa shape index (κ1) is 15.2. The van der Waals surface area contributed by atoms with Gasteiger partial charge in [0.15, 0.2) is 0 Å². The molecule has 3 nitrogen and oxygen atoms in total. The van der Waals surface area contributed by atoms with E-state index in [9.17, 15) is 4.79 Å². The lowest BCUT2D eigenvalue weighted by Gasteiger charge is -2.19. The highest BCUT2D eigenvalue weighted by atomic mass is 35.5. The van der Waals surface area contributed by atoms with Crippen LogP contribution in [0.5, 0.6) is 0 Å². The van der Waals surface area contributed by atoms with Crippen LogP contribution in [0.4, 0.5) is 0 Å². The van der Waals surface area contributed by atoms with Crippen LogP contribution in [0.25, 0.3) is 0 Å². The van der Waals surface area contributed by atoms with Gasteiger partial charge in [0.05, 0.1) is 6.04 Å². The zero-order valence-corrected chi connectivity index (χ0v) is 10.9. The van der Waals surface area contributed by atoms with Crippen LogP contribution >= 0.6 is 24.0 Å². The smallest absolute Gasteiger partial charge is 0.239 e. The molecular weight excluding hydrogens is 247 g/mol. The van der Waals surface area contributed by atoms with Crippen molar-refractivity contribution in [3.63, 3.8) is 0 Å². The van der Waals surface area contributed by atoms with Gasteiger partial charge in [0.1, 0.15) is 0 Å². The van der Waals surface area contributed by atoms with Gasteiger partial charge in [-0.05, 0) is 24.6 Å². The number of amides is 1. The van der Waals surface area contributed by atoms with E-state index in [-0.39, 0.29) is 18.3 Å². The maximum Gasteiger partial charge on any atom is 0.239 e. The first-order valence-corrected chi connectivity index (χ1v) is 5.13. The molecule has 0 fully saturated rings. The number of likely N-dealkylation sites (N-methyl/N-ethyl adjacent to an activating group) is 1. The van der Waals surface area contributed by atoms with Crippen molar-refractivity contribution in [3.05, 3.63) is 34.9 Å². The molecule has 0 aliphatic rings. The molecular formula is C11H16Cl2N2O. The summed E-state index contributed by atoms with van der Waals surface area (Å²) in [6, 6.07) is 6.97. The van der Waals surface area contributed by atoms with Crippen molar-refractivity contribution >= 4 is 29.9 Å². The summed E-state index contributed by atoms with van der Waals surface area (Å²) in [5.74, 6) is -0.0741. The van der Waals surface area contributed by atoms with Crippen LogP contribution in [0.2, 0.25) is 5.02 Å². The normalized spacial score (nSPS) is 11.5. The quantitative estimate of drug-likeness (QED) is 0.907. The lowest BCUT2D eigenvalue weighted by molar-refractivity contribution is -0.131. The number of nitrogens with two attached hydrogens (primary N) is 1. The van der Waals surface area contributed by atoms with Crippen LogP contribution < -0.4 is 5.73 Å². The molecule has 0 aromatic heterocycles. The van der Waals surface area contributed by atoms with Crippen LogP contribution in [-0.4, -0.2) is 23.9 Å². The molecule has 90 valence electrons. The van der Waals surface area contributed by atoms with Gasteiger partial charge in [0, 0.05) is 18.6 Å².